The van der Waals surface area contributed by atoms with Gasteiger partial charge in [-0.05, 0) is 19.1 Å². The number of aryl methyl sites for hydroxylation is 1. The predicted molar refractivity (Wildman–Crippen MR) is 78.4 cm³/mol. The molecule has 1 amide bonds. The number of carbonyl (C=O) groups excluding carboxylic acids is 1. The number of nitrogens with one attached hydrogen (secondary N) is 1. The van der Waals surface area contributed by atoms with E-state index in [0.29, 0.717) is 16.7 Å². The van der Waals surface area contributed by atoms with Crippen molar-refractivity contribution in [2.24, 2.45) is 0 Å². The van der Waals surface area contributed by atoms with Crippen molar-refractivity contribution in [3.8, 4) is 0 Å². The Morgan fingerprint density at radius 3 is 2.86 bits per heavy atom. The van der Waals surface area contributed by atoms with Gasteiger partial charge in [-0.2, -0.15) is 0 Å². The first kappa shape index (κ1) is 14.3. The van der Waals surface area contributed by atoms with Crippen LogP contribution in [0.5, 0.6) is 0 Å². The number of hydrogen-bond donors (Lipinski definition) is 1. The summed E-state index contributed by atoms with van der Waals surface area (Å²) in [6.07, 6.45) is 1.14. The van der Waals surface area contributed by atoms with Gasteiger partial charge in [-0.1, -0.05) is 0 Å². The molecule has 0 aliphatic rings. The molecule has 22 heavy (non-hydrogen) atoms. The number of nitrogens with zero attached hydrogens (tertiary/aromatic N) is 2. The Morgan fingerprint density at radius 2 is 2.14 bits per heavy atom. The summed E-state index contributed by atoms with van der Waals surface area (Å²) in [4.78, 5) is 28.9. The van der Waals surface area contributed by atoms with Crippen LogP contribution in [0.2, 0.25) is 0 Å². The SMILES string of the molecule is Cc1csc2ncc(C(=O)Nc3ccc(F)cc3F)c(=O)n12. The minimum atomic E-state index is -0.922. The highest BCUT2D eigenvalue weighted by molar-refractivity contribution is 7.15. The number of anilines is 1. The molecule has 2 aromatic heterocycles. The zero-order valence-electron chi connectivity index (χ0n) is 11.3. The maximum Gasteiger partial charge on any atom is 0.271 e. The number of rotatable bonds is 2. The van der Waals surface area contributed by atoms with Crippen LogP contribution in [0.15, 0.2) is 34.6 Å². The van der Waals surface area contributed by atoms with E-state index in [1.54, 1.807) is 12.3 Å². The molecule has 0 atom stereocenters. The van der Waals surface area contributed by atoms with E-state index in [1.807, 2.05) is 0 Å². The van der Waals surface area contributed by atoms with Gasteiger partial charge in [0.15, 0.2) is 4.96 Å². The van der Waals surface area contributed by atoms with Gasteiger partial charge >= 0.3 is 0 Å². The third-order valence-electron chi connectivity index (χ3n) is 3.04. The monoisotopic (exact) mass is 321 g/mol. The Hall–Kier alpha value is -2.61. The van der Waals surface area contributed by atoms with E-state index < -0.39 is 23.1 Å². The summed E-state index contributed by atoms with van der Waals surface area (Å²) in [6, 6.07) is 2.74. The van der Waals surface area contributed by atoms with Crippen LogP contribution in [0.3, 0.4) is 0 Å². The number of thiazole rings is 1. The zero-order valence-corrected chi connectivity index (χ0v) is 12.1. The van der Waals surface area contributed by atoms with Crippen molar-refractivity contribution in [2.75, 3.05) is 5.32 Å². The molecule has 5 nitrogen and oxygen atoms in total. The highest BCUT2D eigenvalue weighted by Gasteiger charge is 2.16. The second-order valence-corrected chi connectivity index (χ2v) is 5.39. The molecule has 1 aromatic carbocycles. The van der Waals surface area contributed by atoms with Crippen LogP contribution in [-0.4, -0.2) is 15.3 Å². The van der Waals surface area contributed by atoms with Gasteiger partial charge in [-0.15, -0.1) is 11.3 Å². The van der Waals surface area contributed by atoms with Crippen LogP contribution in [0.25, 0.3) is 4.96 Å². The molecule has 3 aromatic rings. The molecule has 0 saturated heterocycles. The summed E-state index contributed by atoms with van der Waals surface area (Å²) < 4.78 is 27.7. The van der Waals surface area contributed by atoms with Gasteiger partial charge in [0.1, 0.15) is 17.2 Å². The summed E-state index contributed by atoms with van der Waals surface area (Å²) >= 11 is 1.28. The van der Waals surface area contributed by atoms with Gasteiger partial charge in [0.2, 0.25) is 0 Å². The number of hydrogen-bond acceptors (Lipinski definition) is 4. The summed E-state index contributed by atoms with van der Waals surface area (Å²) in [5.74, 6) is -2.48. The van der Waals surface area contributed by atoms with Crippen molar-refractivity contribution in [2.45, 2.75) is 6.92 Å². The van der Waals surface area contributed by atoms with Crippen molar-refractivity contribution >= 4 is 27.9 Å². The molecule has 0 fully saturated rings. The molecule has 112 valence electrons. The summed E-state index contributed by atoms with van der Waals surface area (Å²) in [5.41, 5.74) is -0.315. The molecule has 3 rings (SSSR count). The smallest absolute Gasteiger partial charge is 0.271 e. The predicted octanol–water partition coefficient (Wildman–Crippen LogP) is 2.59. The number of amides is 1. The van der Waals surface area contributed by atoms with Gasteiger partial charge in [0, 0.05) is 23.3 Å². The molecular weight excluding hydrogens is 312 g/mol. The molecule has 8 heteroatoms. The largest absolute Gasteiger partial charge is 0.319 e. The highest BCUT2D eigenvalue weighted by atomic mass is 32.1. The van der Waals surface area contributed by atoms with Gasteiger partial charge < -0.3 is 5.32 Å². The van der Waals surface area contributed by atoms with E-state index >= 15 is 0 Å². The van der Waals surface area contributed by atoms with Crippen LogP contribution < -0.4 is 10.9 Å². The molecular formula is C14H9F2N3O2S. The average molecular weight is 321 g/mol. The van der Waals surface area contributed by atoms with Gasteiger partial charge in [0.05, 0.1) is 5.69 Å². The second-order valence-electron chi connectivity index (χ2n) is 4.55. The topological polar surface area (TPSA) is 63.5 Å². The summed E-state index contributed by atoms with van der Waals surface area (Å²) in [5, 5.41) is 3.98. The van der Waals surface area contributed by atoms with Gasteiger partial charge in [0.25, 0.3) is 11.5 Å². The fourth-order valence-corrected chi connectivity index (χ4v) is 2.79. The zero-order chi connectivity index (χ0) is 15.9. The lowest BCUT2D eigenvalue weighted by atomic mass is 10.2. The van der Waals surface area contributed by atoms with Crippen molar-refractivity contribution in [1.82, 2.24) is 9.38 Å². The first-order chi connectivity index (χ1) is 10.5. The Morgan fingerprint density at radius 1 is 1.36 bits per heavy atom. The Bertz CT molecular complexity index is 949. The molecule has 1 N–H and O–H groups in total. The molecule has 0 bridgehead atoms. The summed E-state index contributed by atoms with van der Waals surface area (Å²) in [7, 11) is 0. The van der Waals surface area contributed by atoms with E-state index in [-0.39, 0.29) is 11.3 Å². The van der Waals surface area contributed by atoms with E-state index in [2.05, 4.69) is 10.3 Å². The van der Waals surface area contributed by atoms with E-state index in [9.17, 15) is 18.4 Å². The van der Waals surface area contributed by atoms with Crippen LogP contribution in [0.1, 0.15) is 16.1 Å². The van der Waals surface area contributed by atoms with Crippen molar-refractivity contribution in [3.05, 3.63) is 63.0 Å². The number of benzene rings is 1. The normalized spacial score (nSPS) is 10.9. The van der Waals surface area contributed by atoms with Crippen LogP contribution in [0, 0.1) is 18.6 Å². The first-order valence-electron chi connectivity index (χ1n) is 6.19. The van der Waals surface area contributed by atoms with Crippen molar-refractivity contribution < 1.29 is 13.6 Å². The quantitative estimate of drug-likeness (QED) is 0.789. The number of halogens is 2. The van der Waals surface area contributed by atoms with Crippen LogP contribution in [-0.2, 0) is 0 Å². The Balaban J connectivity index is 2.00. The van der Waals surface area contributed by atoms with Crippen LogP contribution >= 0.6 is 11.3 Å². The lowest BCUT2D eigenvalue weighted by Crippen LogP contribution is -2.26. The minimum Gasteiger partial charge on any atom is -0.319 e. The molecule has 0 spiro atoms. The third kappa shape index (κ3) is 2.37. The number of carbonyl (C=O) groups is 1. The summed E-state index contributed by atoms with van der Waals surface area (Å²) in [6.45, 7) is 1.72. The molecule has 0 unspecified atom stereocenters. The Kier molecular flexibility index (Phi) is 3.45. The molecule has 2 heterocycles. The van der Waals surface area contributed by atoms with E-state index in [0.717, 1.165) is 18.3 Å². The standard InChI is InChI=1S/C14H9F2N3O2S/c1-7-6-22-14-17-5-9(13(21)19(7)14)12(20)18-11-3-2-8(15)4-10(11)16/h2-6H,1H3,(H,18,20). The molecule has 0 aliphatic carbocycles. The van der Waals surface area contributed by atoms with Crippen molar-refractivity contribution in [1.29, 1.82) is 0 Å². The second kappa shape index (κ2) is 5.30. The van der Waals surface area contributed by atoms with E-state index in [1.165, 1.54) is 15.7 Å². The maximum atomic E-state index is 13.5. The lowest BCUT2D eigenvalue weighted by Gasteiger charge is -2.06. The van der Waals surface area contributed by atoms with E-state index in [4.69, 9.17) is 0 Å². The van der Waals surface area contributed by atoms with Gasteiger partial charge in [-0.25, -0.2) is 13.8 Å². The highest BCUT2D eigenvalue weighted by Crippen LogP contribution is 2.16. The molecule has 0 aliphatic heterocycles. The number of aromatic nitrogens is 2. The van der Waals surface area contributed by atoms with Crippen LogP contribution in [0.4, 0.5) is 14.5 Å². The average Bonchev–Trinajstić information content (AvgIpc) is 2.84. The maximum absolute atomic E-state index is 13.5. The van der Waals surface area contributed by atoms with Gasteiger partial charge in [-0.3, -0.25) is 14.0 Å². The lowest BCUT2D eigenvalue weighted by molar-refractivity contribution is 0.102. The number of fused-ring (bicyclic) bond motifs is 1. The first-order valence-corrected chi connectivity index (χ1v) is 7.07. The fourth-order valence-electron chi connectivity index (χ4n) is 1.96. The molecule has 0 radical (unpaired) electrons. The fraction of sp³-hybridized carbons (Fsp3) is 0.0714. The Labute approximate surface area is 126 Å². The van der Waals surface area contributed by atoms with Crippen molar-refractivity contribution in [3.63, 3.8) is 0 Å². The molecule has 0 saturated carbocycles. The third-order valence-corrected chi connectivity index (χ3v) is 4.00. The minimum absolute atomic E-state index is 0.210.